The number of hydrogen-bond acceptors (Lipinski definition) is 5. The van der Waals surface area contributed by atoms with Gasteiger partial charge in [-0.1, -0.05) is 54.6 Å². The average molecular weight is 336 g/mol. The van der Waals surface area contributed by atoms with Crippen LogP contribution in [0.15, 0.2) is 67.3 Å². The molecule has 0 radical (unpaired) electrons. The Morgan fingerprint density at radius 1 is 1.12 bits per heavy atom. The highest BCUT2D eigenvalue weighted by molar-refractivity contribution is 5.52. The Morgan fingerprint density at radius 3 is 2.68 bits per heavy atom. The van der Waals surface area contributed by atoms with Gasteiger partial charge in [0.1, 0.15) is 18.5 Å². The second-order valence-electron chi connectivity index (χ2n) is 5.60. The first kappa shape index (κ1) is 16.9. The van der Waals surface area contributed by atoms with Crippen molar-refractivity contribution in [3.8, 4) is 17.1 Å². The standard InChI is InChI=1S/C19H20N4O2/c1-2-8-15-9-6-7-12-18(15)25-14-17(24)13-23-21-19(20-22-23)16-10-4-3-5-11-16/h2-7,9-12,17,24H,1,8,13-14H2. The van der Waals surface area contributed by atoms with Crippen molar-refractivity contribution in [3.05, 3.63) is 72.8 Å². The molecule has 0 aliphatic heterocycles. The van der Waals surface area contributed by atoms with Gasteiger partial charge in [-0.2, -0.15) is 4.80 Å². The van der Waals surface area contributed by atoms with E-state index in [9.17, 15) is 5.11 Å². The summed E-state index contributed by atoms with van der Waals surface area (Å²) in [5.74, 6) is 1.28. The Labute approximate surface area is 146 Å². The molecule has 0 aliphatic rings. The zero-order valence-corrected chi connectivity index (χ0v) is 13.8. The summed E-state index contributed by atoms with van der Waals surface area (Å²) < 4.78 is 5.73. The van der Waals surface area contributed by atoms with Gasteiger partial charge in [-0.25, -0.2) is 0 Å². The van der Waals surface area contributed by atoms with Crippen molar-refractivity contribution in [2.45, 2.75) is 19.1 Å². The van der Waals surface area contributed by atoms with Crippen LogP contribution in [0.25, 0.3) is 11.4 Å². The molecule has 128 valence electrons. The Morgan fingerprint density at radius 2 is 1.88 bits per heavy atom. The third-order valence-corrected chi connectivity index (χ3v) is 3.63. The van der Waals surface area contributed by atoms with Crippen molar-refractivity contribution in [2.24, 2.45) is 0 Å². The monoisotopic (exact) mass is 336 g/mol. The summed E-state index contributed by atoms with van der Waals surface area (Å²) in [7, 11) is 0. The lowest BCUT2D eigenvalue weighted by molar-refractivity contribution is 0.0846. The van der Waals surface area contributed by atoms with Gasteiger partial charge in [0.25, 0.3) is 0 Å². The molecular weight excluding hydrogens is 316 g/mol. The van der Waals surface area contributed by atoms with Gasteiger partial charge in [-0.15, -0.1) is 16.8 Å². The number of aliphatic hydroxyl groups is 1. The molecule has 3 rings (SSSR count). The Bertz CT molecular complexity index is 817. The van der Waals surface area contributed by atoms with Gasteiger partial charge in [0.15, 0.2) is 0 Å². The lowest BCUT2D eigenvalue weighted by atomic mass is 10.1. The summed E-state index contributed by atoms with van der Waals surface area (Å²) in [4.78, 5) is 1.38. The first-order chi connectivity index (χ1) is 12.3. The molecule has 0 bridgehead atoms. The summed E-state index contributed by atoms with van der Waals surface area (Å²) in [6, 6.07) is 17.3. The molecule has 0 spiro atoms. The van der Waals surface area contributed by atoms with E-state index in [1.54, 1.807) is 0 Å². The molecule has 0 saturated heterocycles. The Hall–Kier alpha value is -2.99. The van der Waals surface area contributed by atoms with Crippen LogP contribution in [-0.4, -0.2) is 38.0 Å². The molecule has 0 fully saturated rings. The van der Waals surface area contributed by atoms with E-state index in [2.05, 4.69) is 22.0 Å². The Kier molecular flexibility index (Phi) is 5.53. The maximum atomic E-state index is 10.2. The van der Waals surface area contributed by atoms with Crippen molar-refractivity contribution in [1.29, 1.82) is 0 Å². The van der Waals surface area contributed by atoms with Crippen LogP contribution in [0.1, 0.15) is 5.56 Å². The smallest absolute Gasteiger partial charge is 0.204 e. The van der Waals surface area contributed by atoms with Crippen LogP contribution in [-0.2, 0) is 13.0 Å². The number of ether oxygens (including phenoxy) is 1. The van der Waals surface area contributed by atoms with E-state index >= 15 is 0 Å². The second-order valence-corrected chi connectivity index (χ2v) is 5.60. The summed E-state index contributed by atoms with van der Waals surface area (Å²) >= 11 is 0. The zero-order chi connectivity index (χ0) is 17.5. The fraction of sp³-hybridized carbons (Fsp3) is 0.211. The number of hydrogen-bond donors (Lipinski definition) is 1. The molecular formula is C19H20N4O2. The number of rotatable bonds is 8. The quantitative estimate of drug-likeness (QED) is 0.640. The van der Waals surface area contributed by atoms with E-state index in [0.29, 0.717) is 5.82 Å². The fourth-order valence-corrected chi connectivity index (χ4v) is 2.42. The molecule has 1 unspecified atom stereocenters. The van der Waals surface area contributed by atoms with Crippen LogP contribution in [0.3, 0.4) is 0 Å². The molecule has 0 amide bonds. The number of allylic oxidation sites excluding steroid dienone is 1. The minimum absolute atomic E-state index is 0.149. The number of aromatic nitrogens is 4. The molecule has 0 aliphatic carbocycles. The zero-order valence-electron chi connectivity index (χ0n) is 13.8. The van der Waals surface area contributed by atoms with Crippen molar-refractivity contribution in [1.82, 2.24) is 20.2 Å². The number of aliphatic hydroxyl groups excluding tert-OH is 1. The molecule has 1 aromatic heterocycles. The highest BCUT2D eigenvalue weighted by Crippen LogP contribution is 2.19. The summed E-state index contributed by atoms with van der Waals surface area (Å²) in [5, 5.41) is 22.5. The molecule has 2 aromatic carbocycles. The van der Waals surface area contributed by atoms with Gasteiger partial charge in [0.05, 0.1) is 6.54 Å². The molecule has 25 heavy (non-hydrogen) atoms. The molecule has 6 nitrogen and oxygen atoms in total. The van der Waals surface area contributed by atoms with Crippen molar-refractivity contribution >= 4 is 0 Å². The van der Waals surface area contributed by atoms with Gasteiger partial charge in [-0.3, -0.25) is 0 Å². The van der Waals surface area contributed by atoms with Gasteiger partial charge in [-0.05, 0) is 23.3 Å². The van der Waals surface area contributed by atoms with E-state index in [-0.39, 0.29) is 13.2 Å². The molecule has 0 saturated carbocycles. The third-order valence-electron chi connectivity index (χ3n) is 3.63. The van der Waals surface area contributed by atoms with Crippen LogP contribution in [0.4, 0.5) is 0 Å². The first-order valence-electron chi connectivity index (χ1n) is 8.09. The SMILES string of the molecule is C=CCc1ccccc1OCC(O)Cn1nnc(-c2ccccc2)n1. The lowest BCUT2D eigenvalue weighted by Crippen LogP contribution is -2.25. The van der Waals surface area contributed by atoms with E-state index in [1.165, 1.54) is 4.80 Å². The Balaban J connectivity index is 1.57. The average Bonchev–Trinajstić information content (AvgIpc) is 3.10. The summed E-state index contributed by atoms with van der Waals surface area (Å²) in [5.41, 5.74) is 1.92. The van der Waals surface area contributed by atoms with Crippen LogP contribution >= 0.6 is 0 Å². The summed E-state index contributed by atoms with van der Waals surface area (Å²) in [6.45, 7) is 4.10. The molecule has 6 heteroatoms. The number of benzene rings is 2. The summed E-state index contributed by atoms with van der Waals surface area (Å²) in [6.07, 6.45) is 1.80. The van der Waals surface area contributed by atoms with E-state index in [0.717, 1.165) is 23.3 Å². The van der Waals surface area contributed by atoms with E-state index in [4.69, 9.17) is 4.74 Å². The fourth-order valence-electron chi connectivity index (χ4n) is 2.42. The third kappa shape index (κ3) is 4.51. The number of para-hydroxylation sites is 1. The minimum atomic E-state index is -0.741. The highest BCUT2D eigenvalue weighted by atomic mass is 16.5. The normalized spacial score (nSPS) is 11.9. The number of tetrazole rings is 1. The second kappa shape index (κ2) is 8.21. The van der Waals surface area contributed by atoms with Crippen LogP contribution < -0.4 is 4.74 Å². The predicted octanol–water partition coefficient (Wildman–Crippen LogP) is 2.51. The topological polar surface area (TPSA) is 73.1 Å². The largest absolute Gasteiger partial charge is 0.491 e. The van der Waals surface area contributed by atoms with E-state index in [1.807, 2.05) is 60.7 Å². The lowest BCUT2D eigenvalue weighted by Gasteiger charge is -2.13. The van der Waals surface area contributed by atoms with Gasteiger partial charge in [0, 0.05) is 5.56 Å². The van der Waals surface area contributed by atoms with Crippen LogP contribution in [0.5, 0.6) is 5.75 Å². The van der Waals surface area contributed by atoms with Crippen molar-refractivity contribution in [3.63, 3.8) is 0 Å². The first-order valence-corrected chi connectivity index (χ1v) is 8.09. The van der Waals surface area contributed by atoms with Gasteiger partial charge >= 0.3 is 0 Å². The van der Waals surface area contributed by atoms with E-state index < -0.39 is 6.10 Å². The maximum Gasteiger partial charge on any atom is 0.204 e. The molecule has 3 aromatic rings. The molecule has 1 N–H and O–H groups in total. The maximum absolute atomic E-state index is 10.2. The minimum Gasteiger partial charge on any atom is -0.491 e. The van der Waals surface area contributed by atoms with Crippen molar-refractivity contribution in [2.75, 3.05) is 6.61 Å². The molecule has 1 heterocycles. The number of nitrogens with zero attached hydrogens (tertiary/aromatic N) is 4. The van der Waals surface area contributed by atoms with Crippen LogP contribution in [0, 0.1) is 0 Å². The van der Waals surface area contributed by atoms with Crippen LogP contribution in [0.2, 0.25) is 0 Å². The highest BCUT2D eigenvalue weighted by Gasteiger charge is 2.12. The van der Waals surface area contributed by atoms with Crippen molar-refractivity contribution < 1.29 is 9.84 Å². The molecule has 1 atom stereocenters. The van der Waals surface area contributed by atoms with Gasteiger partial charge in [0.2, 0.25) is 5.82 Å². The van der Waals surface area contributed by atoms with Gasteiger partial charge < -0.3 is 9.84 Å². The predicted molar refractivity (Wildman–Crippen MR) is 95.1 cm³/mol.